The monoisotopic (exact) mass is 190 g/mol. The Morgan fingerprint density at radius 3 is 2.58 bits per heavy atom. The van der Waals surface area contributed by atoms with Gasteiger partial charge in [-0.3, -0.25) is 4.55 Å². The summed E-state index contributed by atoms with van der Waals surface area (Å²) in [6.45, 7) is 3.31. The van der Waals surface area contributed by atoms with Crippen molar-refractivity contribution >= 4 is 10.3 Å². The quantitative estimate of drug-likeness (QED) is 0.685. The van der Waals surface area contributed by atoms with Gasteiger partial charge in [-0.1, -0.05) is 6.92 Å². The van der Waals surface area contributed by atoms with Gasteiger partial charge in [0.1, 0.15) is 5.82 Å². The molecule has 1 heterocycles. The lowest BCUT2D eigenvalue weighted by Gasteiger charge is -2.02. The van der Waals surface area contributed by atoms with Gasteiger partial charge in [-0.15, -0.1) is 0 Å². The molecule has 0 aliphatic heterocycles. The number of aryl methyl sites for hydroxylation is 2. The Hall–Kier alpha value is -0.880. The Kier molecular flexibility index (Phi) is 2.20. The zero-order valence-electron chi connectivity index (χ0n) is 6.85. The number of hydrogen-bond acceptors (Lipinski definition) is 3. The maximum atomic E-state index is 10.8. The molecule has 1 aromatic heterocycles. The van der Waals surface area contributed by atoms with Crippen molar-refractivity contribution < 1.29 is 13.0 Å². The molecule has 0 atom stereocenters. The van der Waals surface area contributed by atoms with Crippen molar-refractivity contribution in [2.24, 2.45) is 0 Å². The van der Waals surface area contributed by atoms with E-state index in [1.807, 2.05) is 0 Å². The van der Waals surface area contributed by atoms with Crippen LogP contribution in [0.25, 0.3) is 0 Å². The number of nitrogens with zero attached hydrogens (tertiary/aromatic N) is 2. The molecule has 1 rings (SSSR count). The van der Waals surface area contributed by atoms with Crippen LogP contribution >= 0.6 is 0 Å². The predicted octanol–water partition coefficient (Wildman–Crippen LogP) is 0.405. The van der Waals surface area contributed by atoms with Gasteiger partial charge in [-0.05, 0) is 13.3 Å². The van der Waals surface area contributed by atoms with Crippen LogP contribution in [0.15, 0.2) is 6.20 Å². The summed E-state index contributed by atoms with van der Waals surface area (Å²) in [5, 5.41) is 0. The molecular formula is C6H10N2O3S. The summed E-state index contributed by atoms with van der Waals surface area (Å²) in [7, 11) is -4.18. The third kappa shape index (κ3) is 1.49. The lowest BCUT2D eigenvalue weighted by Crippen LogP contribution is -2.15. The molecule has 1 N–H and O–H groups in total. The van der Waals surface area contributed by atoms with Crippen molar-refractivity contribution in [2.75, 3.05) is 0 Å². The fourth-order valence-electron chi connectivity index (χ4n) is 1.03. The summed E-state index contributed by atoms with van der Waals surface area (Å²) in [5.74, 6) is 0.273. The average molecular weight is 190 g/mol. The lowest BCUT2D eigenvalue weighted by atomic mass is 10.4. The predicted molar refractivity (Wildman–Crippen MR) is 43.3 cm³/mol. The summed E-state index contributed by atoms with van der Waals surface area (Å²) in [5.41, 5.74) is 0.481. The summed E-state index contributed by atoms with van der Waals surface area (Å²) < 4.78 is 31.1. The maximum Gasteiger partial charge on any atom is 0.365 e. The Morgan fingerprint density at radius 1 is 1.67 bits per heavy atom. The highest BCUT2D eigenvalue weighted by molar-refractivity contribution is 7.84. The smallest absolute Gasteiger partial charge is 0.269 e. The molecule has 12 heavy (non-hydrogen) atoms. The molecular weight excluding hydrogens is 180 g/mol. The number of aromatic nitrogens is 2. The minimum Gasteiger partial charge on any atom is -0.269 e. The SMILES string of the molecule is CCc1cnc(C)n1S(=O)(=O)O. The molecule has 0 fully saturated rings. The Labute approximate surface area is 70.9 Å². The second-order valence-corrected chi connectivity index (χ2v) is 3.65. The molecule has 0 saturated heterocycles. The first-order valence-electron chi connectivity index (χ1n) is 3.48. The van der Waals surface area contributed by atoms with E-state index in [4.69, 9.17) is 4.55 Å². The van der Waals surface area contributed by atoms with Crippen LogP contribution in [0.4, 0.5) is 0 Å². The first-order chi connectivity index (χ1) is 5.46. The molecule has 0 unspecified atom stereocenters. The molecule has 6 heteroatoms. The van der Waals surface area contributed by atoms with E-state index in [2.05, 4.69) is 4.98 Å². The van der Waals surface area contributed by atoms with Crippen LogP contribution in [0.3, 0.4) is 0 Å². The molecule has 68 valence electrons. The van der Waals surface area contributed by atoms with E-state index in [1.165, 1.54) is 13.1 Å². The van der Waals surface area contributed by atoms with E-state index in [-0.39, 0.29) is 5.82 Å². The largest absolute Gasteiger partial charge is 0.365 e. The third-order valence-electron chi connectivity index (χ3n) is 1.55. The van der Waals surface area contributed by atoms with Crippen molar-refractivity contribution in [3.63, 3.8) is 0 Å². The topological polar surface area (TPSA) is 72.2 Å². The average Bonchev–Trinajstić information content (AvgIpc) is 2.29. The summed E-state index contributed by atoms with van der Waals surface area (Å²) >= 11 is 0. The highest BCUT2D eigenvalue weighted by atomic mass is 32.2. The standard InChI is InChI=1S/C6H10N2O3S/c1-3-6-4-7-5(2)8(6)12(9,10)11/h4H,3H2,1-2H3,(H,9,10,11). The number of rotatable bonds is 2. The molecule has 0 aliphatic rings. The van der Waals surface area contributed by atoms with Crippen LogP contribution in [0.1, 0.15) is 18.4 Å². The van der Waals surface area contributed by atoms with Gasteiger partial charge in [-0.2, -0.15) is 8.42 Å². The van der Waals surface area contributed by atoms with Gasteiger partial charge in [0.05, 0.1) is 5.69 Å². The Bertz CT molecular complexity index is 379. The molecule has 0 spiro atoms. The van der Waals surface area contributed by atoms with Gasteiger partial charge in [0, 0.05) is 6.20 Å². The molecule has 0 amide bonds. The fourth-order valence-corrected chi connectivity index (χ4v) is 1.88. The molecule has 5 nitrogen and oxygen atoms in total. The van der Waals surface area contributed by atoms with Crippen LogP contribution in [-0.2, 0) is 16.7 Å². The van der Waals surface area contributed by atoms with E-state index < -0.39 is 10.3 Å². The fraction of sp³-hybridized carbons (Fsp3) is 0.500. The number of hydrogen-bond donors (Lipinski definition) is 1. The molecule has 1 aromatic rings. The summed E-state index contributed by atoms with van der Waals surface area (Å²) in [6, 6.07) is 0. The zero-order valence-corrected chi connectivity index (χ0v) is 7.67. The zero-order chi connectivity index (χ0) is 9.35. The molecule has 0 saturated carbocycles. The minimum atomic E-state index is -4.18. The first-order valence-corrected chi connectivity index (χ1v) is 4.87. The second kappa shape index (κ2) is 2.87. The van der Waals surface area contributed by atoms with Gasteiger partial charge in [0.15, 0.2) is 0 Å². The van der Waals surface area contributed by atoms with Gasteiger partial charge in [0.25, 0.3) is 0 Å². The van der Waals surface area contributed by atoms with Gasteiger partial charge < -0.3 is 0 Å². The van der Waals surface area contributed by atoms with E-state index >= 15 is 0 Å². The van der Waals surface area contributed by atoms with Crippen molar-refractivity contribution in [3.8, 4) is 0 Å². The maximum absolute atomic E-state index is 10.8. The summed E-state index contributed by atoms with van der Waals surface area (Å²) in [4.78, 5) is 3.78. The second-order valence-electron chi connectivity index (χ2n) is 2.39. The van der Waals surface area contributed by atoms with E-state index in [9.17, 15) is 8.42 Å². The van der Waals surface area contributed by atoms with Crippen molar-refractivity contribution in [2.45, 2.75) is 20.3 Å². The van der Waals surface area contributed by atoms with Crippen molar-refractivity contribution in [1.29, 1.82) is 0 Å². The van der Waals surface area contributed by atoms with Crippen LogP contribution in [0.2, 0.25) is 0 Å². The number of imidazole rings is 1. The third-order valence-corrected chi connectivity index (χ3v) is 2.51. The van der Waals surface area contributed by atoms with Gasteiger partial charge >= 0.3 is 10.3 Å². The molecule has 0 aromatic carbocycles. The van der Waals surface area contributed by atoms with E-state index in [0.29, 0.717) is 12.1 Å². The summed E-state index contributed by atoms with van der Waals surface area (Å²) in [6.07, 6.45) is 1.95. The lowest BCUT2D eigenvalue weighted by molar-refractivity contribution is 0.469. The molecule has 0 radical (unpaired) electrons. The van der Waals surface area contributed by atoms with Crippen LogP contribution in [0, 0.1) is 6.92 Å². The van der Waals surface area contributed by atoms with Crippen molar-refractivity contribution in [1.82, 2.24) is 8.96 Å². The minimum absolute atomic E-state index is 0.273. The Morgan fingerprint density at radius 2 is 2.25 bits per heavy atom. The highest BCUT2D eigenvalue weighted by Gasteiger charge is 2.15. The molecule has 0 bridgehead atoms. The van der Waals surface area contributed by atoms with Crippen LogP contribution in [-0.4, -0.2) is 21.9 Å². The first kappa shape index (κ1) is 9.21. The van der Waals surface area contributed by atoms with Gasteiger partial charge in [0.2, 0.25) is 0 Å². The van der Waals surface area contributed by atoms with Crippen LogP contribution < -0.4 is 0 Å². The Balaban J connectivity index is 3.39. The van der Waals surface area contributed by atoms with Crippen LogP contribution in [0.5, 0.6) is 0 Å². The highest BCUT2D eigenvalue weighted by Crippen LogP contribution is 2.07. The van der Waals surface area contributed by atoms with E-state index in [1.54, 1.807) is 6.92 Å². The van der Waals surface area contributed by atoms with E-state index in [0.717, 1.165) is 3.97 Å². The molecule has 0 aliphatic carbocycles. The van der Waals surface area contributed by atoms with Gasteiger partial charge in [-0.25, -0.2) is 8.96 Å². The van der Waals surface area contributed by atoms with Crippen molar-refractivity contribution in [3.05, 3.63) is 17.7 Å². The normalized spacial score (nSPS) is 11.9.